The van der Waals surface area contributed by atoms with Crippen LogP contribution in [0.3, 0.4) is 0 Å². The Balaban J connectivity index is 0. The molecule has 0 aliphatic carbocycles. The minimum Gasteiger partial charge on any atom is -0.545 e. The second kappa shape index (κ2) is 26.3. The number of benzene rings is 2. The van der Waals surface area contributed by atoms with Crippen LogP contribution in [0.15, 0.2) is 36.4 Å². The van der Waals surface area contributed by atoms with E-state index < -0.39 is 21.8 Å². The monoisotopic (exact) mass is 622 g/mol. The van der Waals surface area contributed by atoms with Crippen molar-refractivity contribution in [1.29, 1.82) is 0 Å². The fourth-order valence-corrected chi connectivity index (χ4v) is 3.38. The summed E-state index contributed by atoms with van der Waals surface area (Å²) in [6.07, 6.45) is 10.9. The zero-order valence-electron chi connectivity index (χ0n) is 26.4. The number of nitrogen functional groups attached to an aromatic ring is 2. The van der Waals surface area contributed by atoms with Gasteiger partial charge in [-0.15, -0.1) is 0 Å². The number of unbranched alkanes of at least 4 members (excludes halogenated alkanes) is 4. The van der Waals surface area contributed by atoms with Gasteiger partial charge in [0.2, 0.25) is 0 Å². The highest BCUT2D eigenvalue weighted by Crippen LogP contribution is 2.19. The quantitative estimate of drug-likeness (QED) is 0.0905. The van der Waals surface area contributed by atoms with Gasteiger partial charge >= 0.3 is 0 Å². The van der Waals surface area contributed by atoms with Gasteiger partial charge in [0.05, 0.1) is 48.0 Å². The van der Waals surface area contributed by atoms with Crippen molar-refractivity contribution in [2.45, 2.75) is 79.1 Å². The Bertz CT molecular complexity index is 1030. The second-order valence-electron chi connectivity index (χ2n) is 9.78. The summed E-state index contributed by atoms with van der Waals surface area (Å²) in [7, 11) is 0. The minimum atomic E-state index is -1.45. The molecular formula is C30H50N6O8. The van der Waals surface area contributed by atoms with Gasteiger partial charge in [-0.3, -0.25) is 20.2 Å². The summed E-state index contributed by atoms with van der Waals surface area (Å²) in [5, 5.41) is 46.0. The Morgan fingerprint density at radius 3 is 1.07 bits per heavy atom. The van der Waals surface area contributed by atoms with Crippen molar-refractivity contribution < 1.29 is 40.3 Å². The predicted octanol–water partition coefficient (Wildman–Crippen LogP) is 1.38. The van der Waals surface area contributed by atoms with Crippen LogP contribution >= 0.6 is 0 Å². The first-order valence-corrected chi connectivity index (χ1v) is 15.0. The van der Waals surface area contributed by atoms with E-state index in [0.717, 1.165) is 36.4 Å². The summed E-state index contributed by atoms with van der Waals surface area (Å²) in [5.41, 5.74) is 9.14. The van der Waals surface area contributed by atoms with Crippen molar-refractivity contribution in [3.63, 3.8) is 0 Å². The number of carboxylic acids is 2. The molecule has 2 aromatic carbocycles. The van der Waals surface area contributed by atoms with Gasteiger partial charge in [0.1, 0.15) is 0 Å². The fraction of sp³-hybridized carbons (Fsp3) is 0.533. The molecule has 0 spiro atoms. The average Bonchev–Trinajstić information content (AvgIpc) is 2.97. The summed E-state index contributed by atoms with van der Waals surface area (Å²) >= 11 is 0. The number of non-ortho nitro benzene ring substituents is 2. The molecule has 0 heterocycles. The van der Waals surface area contributed by atoms with Crippen molar-refractivity contribution >= 4 is 34.7 Å². The highest BCUT2D eigenvalue weighted by molar-refractivity contribution is 5.93. The molecule has 2 rings (SSSR count). The van der Waals surface area contributed by atoms with E-state index in [2.05, 4.69) is 38.3 Å². The molecule has 2 aromatic rings. The Morgan fingerprint density at radius 1 is 0.614 bits per heavy atom. The molecule has 44 heavy (non-hydrogen) atoms. The first-order valence-electron chi connectivity index (χ1n) is 15.0. The Morgan fingerprint density at radius 2 is 0.886 bits per heavy atom. The number of anilines is 2. The number of aromatic carboxylic acids is 2. The van der Waals surface area contributed by atoms with Gasteiger partial charge in [0.25, 0.3) is 11.4 Å². The average molecular weight is 623 g/mol. The number of carbonyl (C=O) groups is 2. The molecule has 14 nitrogen and oxygen atoms in total. The van der Waals surface area contributed by atoms with Crippen LogP contribution in [0.4, 0.5) is 22.7 Å². The van der Waals surface area contributed by atoms with Crippen molar-refractivity contribution in [3.05, 3.63) is 67.8 Å². The molecule has 0 aliphatic rings. The number of nitrogens with two attached hydrogens (primary N) is 4. The van der Waals surface area contributed by atoms with E-state index in [0.29, 0.717) is 0 Å². The zero-order chi connectivity index (χ0) is 33.9. The fourth-order valence-electron chi connectivity index (χ4n) is 3.38. The maximum absolute atomic E-state index is 10.3. The molecule has 0 radical (unpaired) electrons. The van der Waals surface area contributed by atoms with Crippen LogP contribution in [-0.4, -0.2) is 48.0 Å². The summed E-state index contributed by atoms with van der Waals surface area (Å²) < 4.78 is 0. The molecule has 0 bridgehead atoms. The predicted molar refractivity (Wildman–Crippen MR) is 167 cm³/mol. The third kappa shape index (κ3) is 20.6. The van der Waals surface area contributed by atoms with E-state index in [1.165, 1.54) is 77.5 Å². The topological polar surface area (TPSA) is 252 Å². The van der Waals surface area contributed by atoms with E-state index in [4.69, 9.17) is 11.5 Å². The van der Waals surface area contributed by atoms with E-state index >= 15 is 0 Å². The van der Waals surface area contributed by atoms with E-state index in [9.17, 15) is 40.0 Å². The van der Waals surface area contributed by atoms with E-state index in [1.807, 2.05) is 0 Å². The second-order valence-corrected chi connectivity index (χ2v) is 9.78. The number of rotatable bonds is 16. The van der Waals surface area contributed by atoms with Gasteiger partial charge in [-0.1, -0.05) is 53.4 Å². The molecular weight excluding hydrogens is 572 g/mol. The van der Waals surface area contributed by atoms with Crippen LogP contribution in [0.2, 0.25) is 0 Å². The van der Waals surface area contributed by atoms with Crippen molar-refractivity contribution in [3.8, 4) is 0 Å². The SMILES string of the molecule is CCCC[NH2+]CCCC.CCCC[NH2+]CCCC.Nc1cc([N+](=O)[O-])ccc1C(=O)[O-].Nc1cc([N+](=O)[O-])ccc1C(=O)[O-]. The number of hydrogen-bond acceptors (Lipinski definition) is 10. The normalized spacial score (nSPS) is 9.73. The van der Waals surface area contributed by atoms with Crippen LogP contribution in [0.1, 0.15) is 99.8 Å². The van der Waals surface area contributed by atoms with Crippen LogP contribution in [0.5, 0.6) is 0 Å². The number of carbonyl (C=O) groups excluding carboxylic acids is 2. The number of nitro groups is 2. The van der Waals surface area contributed by atoms with Crippen LogP contribution in [0, 0.1) is 20.2 Å². The van der Waals surface area contributed by atoms with Crippen LogP contribution < -0.4 is 32.3 Å². The Labute approximate surface area is 259 Å². The largest absolute Gasteiger partial charge is 0.545 e. The number of carboxylic acid groups (broad SMARTS) is 2. The third-order valence-electron chi connectivity index (χ3n) is 5.98. The molecule has 0 saturated heterocycles. The first kappa shape index (κ1) is 41.8. The highest BCUT2D eigenvalue weighted by atomic mass is 16.6. The molecule has 0 saturated carbocycles. The minimum absolute atomic E-state index is 0.172. The lowest BCUT2D eigenvalue weighted by Crippen LogP contribution is -2.84. The molecule has 0 fully saturated rings. The summed E-state index contributed by atoms with van der Waals surface area (Å²) in [6, 6.07) is 6.16. The van der Waals surface area contributed by atoms with Gasteiger partial charge in [-0.2, -0.15) is 0 Å². The molecule has 0 aliphatic heterocycles. The summed E-state index contributed by atoms with van der Waals surface area (Å²) in [6.45, 7) is 14.3. The van der Waals surface area contributed by atoms with E-state index in [1.54, 1.807) is 0 Å². The lowest BCUT2D eigenvalue weighted by atomic mass is 10.1. The number of quaternary nitrogens is 2. The van der Waals surface area contributed by atoms with Gasteiger partial charge in [0, 0.05) is 46.8 Å². The van der Waals surface area contributed by atoms with Gasteiger partial charge in [-0.05, 0) is 37.8 Å². The summed E-state index contributed by atoms with van der Waals surface area (Å²) in [5.74, 6) is -2.90. The van der Waals surface area contributed by atoms with Crippen molar-refractivity contribution in [2.24, 2.45) is 0 Å². The molecule has 0 aromatic heterocycles. The first-order chi connectivity index (χ1) is 20.9. The van der Waals surface area contributed by atoms with Gasteiger partial charge < -0.3 is 41.9 Å². The standard InChI is InChI=1S/2C8H19N.2C7H6N2O4/c2*1-3-5-7-9-8-6-4-2;2*8-6-3-4(9(12)13)1-2-5(6)7(10)11/h2*9H,3-8H2,1-2H3;2*1-3H,8H2,(H,10,11). The van der Waals surface area contributed by atoms with Crippen molar-refractivity contribution in [2.75, 3.05) is 37.6 Å². The molecule has 0 amide bonds. The molecule has 14 heteroatoms. The van der Waals surface area contributed by atoms with Crippen LogP contribution in [0.25, 0.3) is 0 Å². The lowest BCUT2D eigenvalue weighted by molar-refractivity contribution is -0.655. The summed E-state index contributed by atoms with van der Waals surface area (Å²) in [4.78, 5) is 39.8. The number of nitro benzene ring substituents is 2. The van der Waals surface area contributed by atoms with Crippen LogP contribution in [-0.2, 0) is 0 Å². The lowest BCUT2D eigenvalue weighted by Gasteiger charge is -2.04. The number of nitrogens with zero attached hydrogens (tertiary/aromatic N) is 2. The Hall–Kier alpha value is -4.30. The molecule has 8 N–H and O–H groups in total. The van der Waals surface area contributed by atoms with E-state index in [-0.39, 0.29) is 33.9 Å². The Kier molecular flexibility index (Phi) is 25.0. The van der Waals surface area contributed by atoms with Gasteiger partial charge in [0.15, 0.2) is 0 Å². The molecule has 0 unspecified atom stereocenters. The smallest absolute Gasteiger partial charge is 0.271 e. The van der Waals surface area contributed by atoms with Gasteiger partial charge in [-0.25, -0.2) is 0 Å². The number of hydrogen-bond donors (Lipinski definition) is 4. The molecule has 248 valence electrons. The maximum atomic E-state index is 10.3. The third-order valence-corrected chi connectivity index (χ3v) is 5.98. The highest BCUT2D eigenvalue weighted by Gasteiger charge is 2.09. The zero-order valence-corrected chi connectivity index (χ0v) is 26.4. The maximum Gasteiger partial charge on any atom is 0.271 e. The molecule has 0 atom stereocenters. The van der Waals surface area contributed by atoms with Crippen molar-refractivity contribution in [1.82, 2.24) is 0 Å².